The van der Waals surface area contributed by atoms with E-state index in [4.69, 9.17) is 24.5 Å². The van der Waals surface area contributed by atoms with Crippen molar-refractivity contribution >= 4 is 26.8 Å². The third-order valence-corrected chi connectivity index (χ3v) is 7.23. The first kappa shape index (κ1) is 23.9. The SMILES string of the molecule is COc1cccc2c1S(=O)(=O)Nc1noc3cc(Cn4cc(CN)cn4)cc(c13)OCCCCCO2. The summed E-state index contributed by atoms with van der Waals surface area (Å²) in [6, 6.07) is 8.50. The minimum absolute atomic E-state index is 0.0185. The van der Waals surface area contributed by atoms with Crippen LogP contribution in [0.25, 0.3) is 11.0 Å². The molecule has 12 heteroatoms. The topological polar surface area (TPSA) is 144 Å². The Morgan fingerprint density at radius 3 is 2.67 bits per heavy atom. The van der Waals surface area contributed by atoms with Gasteiger partial charge in [-0.3, -0.25) is 9.40 Å². The first-order valence-electron chi connectivity index (χ1n) is 11.6. The molecule has 190 valence electrons. The van der Waals surface area contributed by atoms with Crippen molar-refractivity contribution in [3.8, 4) is 17.2 Å². The fraction of sp³-hybridized carbons (Fsp3) is 0.333. The van der Waals surface area contributed by atoms with Crippen molar-refractivity contribution in [3.63, 3.8) is 0 Å². The zero-order valence-corrected chi connectivity index (χ0v) is 20.6. The number of nitrogens with zero attached hydrogens (tertiary/aromatic N) is 3. The third-order valence-electron chi connectivity index (χ3n) is 5.83. The van der Waals surface area contributed by atoms with E-state index in [1.54, 1.807) is 35.1 Å². The van der Waals surface area contributed by atoms with Gasteiger partial charge in [0.05, 0.1) is 33.1 Å². The van der Waals surface area contributed by atoms with Gasteiger partial charge in [-0.05, 0) is 49.1 Å². The monoisotopic (exact) mass is 513 g/mol. The van der Waals surface area contributed by atoms with Gasteiger partial charge >= 0.3 is 0 Å². The minimum atomic E-state index is -4.16. The Kier molecular flexibility index (Phi) is 6.70. The van der Waals surface area contributed by atoms with Gasteiger partial charge in [-0.1, -0.05) is 11.2 Å². The van der Waals surface area contributed by atoms with Crippen molar-refractivity contribution in [1.82, 2.24) is 14.9 Å². The van der Waals surface area contributed by atoms with E-state index in [-0.39, 0.29) is 22.2 Å². The Balaban J connectivity index is 1.58. The summed E-state index contributed by atoms with van der Waals surface area (Å²) in [7, 11) is -2.75. The molecule has 36 heavy (non-hydrogen) atoms. The van der Waals surface area contributed by atoms with Crippen molar-refractivity contribution in [3.05, 3.63) is 53.9 Å². The molecule has 4 aromatic rings. The zero-order valence-electron chi connectivity index (χ0n) is 19.8. The maximum absolute atomic E-state index is 13.5. The second-order valence-corrected chi connectivity index (χ2v) is 10.0. The van der Waals surface area contributed by atoms with Crippen LogP contribution in [0.2, 0.25) is 0 Å². The van der Waals surface area contributed by atoms with Crippen LogP contribution >= 0.6 is 0 Å². The summed E-state index contributed by atoms with van der Waals surface area (Å²) >= 11 is 0. The summed E-state index contributed by atoms with van der Waals surface area (Å²) in [5.41, 5.74) is 7.86. The number of benzene rings is 2. The number of aromatic nitrogens is 3. The van der Waals surface area contributed by atoms with Gasteiger partial charge in [-0.15, -0.1) is 0 Å². The number of ether oxygens (including phenoxy) is 3. The van der Waals surface area contributed by atoms with Crippen LogP contribution in [-0.2, 0) is 23.1 Å². The van der Waals surface area contributed by atoms with E-state index < -0.39 is 10.0 Å². The lowest BCUT2D eigenvalue weighted by Crippen LogP contribution is -2.17. The molecule has 5 rings (SSSR count). The molecule has 3 N–H and O–H groups in total. The molecule has 0 spiro atoms. The predicted octanol–water partition coefficient (Wildman–Crippen LogP) is 3.28. The van der Waals surface area contributed by atoms with Crippen molar-refractivity contribution in [2.75, 3.05) is 25.0 Å². The van der Waals surface area contributed by atoms with Gasteiger partial charge < -0.3 is 24.5 Å². The first-order valence-corrected chi connectivity index (χ1v) is 13.1. The second-order valence-electron chi connectivity index (χ2n) is 8.40. The first-order chi connectivity index (χ1) is 17.5. The molecule has 0 amide bonds. The molecule has 0 saturated heterocycles. The zero-order chi connectivity index (χ0) is 25.1. The fourth-order valence-corrected chi connectivity index (χ4v) is 5.41. The molecule has 0 unspecified atom stereocenters. The highest BCUT2D eigenvalue weighted by molar-refractivity contribution is 7.93. The number of anilines is 1. The molecule has 0 bridgehead atoms. The Morgan fingerprint density at radius 1 is 1.11 bits per heavy atom. The molecular weight excluding hydrogens is 486 g/mol. The number of hydrogen-bond acceptors (Lipinski definition) is 9. The minimum Gasteiger partial charge on any atom is -0.495 e. The largest absolute Gasteiger partial charge is 0.495 e. The number of nitrogens with two attached hydrogens (primary N) is 1. The molecule has 11 nitrogen and oxygen atoms in total. The third kappa shape index (κ3) is 4.82. The highest BCUT2D eigenvalue weighted by Crippen LogP contribution is 2.38. The Labute approximate surface area is 208 Å². The van der Waals surface area contributed by atoms with Gasteiger partial charge in [0.15, 0.2) is 16.3 Å². The van der Waals surface area contributed by atoms with Gasteiger partial charge in [-0.2, -0.15) is 5.10 Å². The van der Waals surface area contributed by atoms with E-state index in [2.05, 4.69) is 15.0 Å². The Morgan fingerprint density at radius 2 is 1.92 bits per heavy atom. The molecule has 1 aliphatic rings. The van der Waals surface area contributed by atoms with E-state index in [0.29, 0.717) is 43.0 Å². The molecule has 0 fully saturated rings. The van der Waals surface area contributed by atoms with Crippen LogP contribution in [0.3, 0.4) is 0 Å². The van der Waals surface area contributed by atoms with Gasteiger partial charge in [0.25, 0.3) is 10.0 Å². The van der Waals surface area contributed by atoms with E-state index in [1.165, 1.54) is 7.11 Å². The molecule has 2 aromatic carbocycles. The average Bonchev–Trinajstić information content (AvgIpc) is 3.49. The molecule has 1 aliphatic heterocycles. The van der Waals surface area contributed by atoms with Crippen LogP contribution in [0.4, 0.5) is 5.82 Å². The Hall–Kier alpha value is -3.77. The van der Waals surface area contributed by atoms with Gasteiger partial charge in [0.1, 0.15) is 22.6 Å². The standard InChI is InChI=1S/C24H27N5O6S/c1-32-18-6-5-7-19-23(18)36(30,31)28-24-22-20(34-9-4-2-3-8-33-19)10-16(11-21(22)35-27-24)14-29-15-17(12-25)13-26-29/h5-7,10-11,13,15H,2-4,8-9,12,14,25H2,1H3,(H,27,28). The number of nitrogens with one attached hydrogen (secondary N) is 1. The van der Waals surface area contributed by atoms with Crippen molar-refractivity contribution in [2.45, 2.75) is 37.2 Å². The lowest BCUT2D eigenvalue weighted by Gasteiger charge is -2.16. The number of hydrogen-bond donors (Lipinski definition) is 2. The molecule has 3 heterocycles. The van der Waals surface area contributed by atoms with Gasteiger partial charge in [-0.25, -0.2) is 8.42 Å². The lowest BCUT2D eigenvalue weighted by atomic mass is 10.1. The highest BCUT2D eigenvalue weighted by atomic mass is 32.2. The number of fused-ring (bicyclic) bond motifs is 1. The molecule has 0 saturated carbocycles. The van der Waals surface area contributed by atoms with Crippen molar-refractivity contribution < 1.29 is 27.2 Å². The van der Waals surface area contributed by atoms with E-state index in [1.807, 2.05) is 12.3 Å². The quantitative estimate of drug-likeness (QED) is 0.420. The van der Waals surface area contributed by atoms with Crippen LogP contribution < -0.4 is 24.7 Å². The lowest BCUT2D eigenvalue weighted by molar-refractivity contribution is 0.275. The smallest absolute Gasteiger partial charge is 0.270 e. The van der Waals surface area contributed by atoms with Crippen molar-refractivity contribution in [1.29, 1.82) is 0 Å². The van der Waals surface area contributed by atoms with Crippen LogP contribution in [0.15, 0.2) is 52.1 Å². The summed E-state index contributed by atoms with van der Waals surface area (Å²) in [6.07, 6.45) is 5.97. The van der Waals surface area contributed by atoms with Crippen LogP contribution in [0.1, 0.15) is 30.4 Å². The molecule has 0 atom stereocenters. The van der Waals surface area contributed by atoms with Crippen LogP contribution in [0, 0.1) is 0 Å². The predicted molar refractivity (Wildman–Crippen MR) is 132 cm³/mol. The average molecular weight is 514 g/mol. The normalized spacial score (nSPS) is 15.7. The fourth-order valence-electron chi connectivity index (χ4n) is 4.11. The van der Waals surface area contributed by atoms with E-state index in [9.17, 15) is 8.42 Å². The second kappa shape index (κ2) is 10.1. The maximum atomic E-state index is 13.5. The number of rotatable bonds is 4. The molecular formula is C24H27N5O6S. The molecule has 0 radical (unpaired) electrons. The summed E-state index contributed by atoms with van der Waals surface area (Å²) in [4.78, 5) is -0.103. The maximum Gasteiger partial charge on any atom is 0.270 e. The van der Waals surface area contributed by atoms with Gasteiger partial charge in [0, 0.05) is 18.3 Å². The Bertz CT molecular complexity index is 1480. The summed E-state index contributed by atoms with van der Waals surface area (Å²) in [5, 5.41) is 8.78. The van der Waals surface area contributed by atoms with Crippen LogP contribution in [-0.4, -0.2) is 43.7 Å². The number of sulfonamides is 1. The molecule has 2 aromatic heterocycles. The molecule has 0 aliphatic carbocycles. The van der Waals surface area contributed by atoms with Crippen LogP contribution in [0.5, 0.6) is 17.2 Å². The van der Waals surface area contributed by atoms with E-state index in [0.717, 1.165) is 30.4 Å². The summed E-state index contributed by atoms with van der Waals surface area (Å²) < 4.78 is 54.1. The van der Waals surface area contributed by atoms with E-state index >= 15 is 0 Å². The highest BCUT2D eigenvalue weighted by Gasteiger charge is 2.28. The van der Waals surface area contributed by atoms with Crippen molar-refractivity contribution in [2.24, 2.45) is 5.73 Å². The van der Waals surface area contributed by atoms with Gasteiger partial charge in [0.2, 0.25) is 0 Å². The summed E-state index contributed by atoms with van der Waals surface area (Å²) in [6.45, 7) is 1.66. The number of methoxy groups -OCH3 is 1. The summed E-state index contributed by atoms with van der Waals surface area (Å²) in [5.74, 6) is 0.863.